The Balaban J connectivity index is 2.21. The summed E-state index contributed by atoms with van der Waals surface area (Å²) in [7, 11) is 0. The molecule has 4 heteroatoms. The summed E-state index contributed by atoms with van der Waals surface area (Å²) in [5.74, 6) is -0.0336. The Kier molecular flexibility index (Phi) is 2.97. The molecule has 0 aliphatic rings. The molecule has 0 fully saturated rings. The van der Waals surface area contributed by atoms with Crippen molar-refractivity contribution in [1.82, 2.24) is 4.98 Å². The first-order valence-electron chi connectivity index (χ1n) is 5.39. The lowest BCUT2D eigenvalue weighted by Crippen LogP contribution is -2.03. The zero-order valence-electron chi connectivity index (χ0n) is 9.26. The van der Waals surface area contributed by atoms with Crippen LogP contribution in [-0.2, 0) is 0 Å². The van der Waals surface area contributed by atoms with Gasteiger partial charge in [0.05, 0.1) is 4.88 Å². The van der Waals surface area contributed by atoms with Gasteiger partial charge in [-0.25, -0.2) is 0 Å². The third-order valence-electron chi connectivity index (χ3n) is 2.71. The first-order valence-corrected chi connectivity index (χ1v) is 7.06. The maximum absolute atomic E-state index is 12.5. The quantitative estimate of drug-likeness (QED) is 0.660. The van der Waals surface area contributed by atoms with Crippen molar-refractivity contribution < 1.29 is 4.79 Å². The fourth-order valence-corrected chi connectivity index (χ4v) is 3.36. The van der Waals surface area contributed by atoms with Gasteiger partial charge in [-0.1, -0.05) is 24.3 Å². The second kappa shape index (κ2) is 4.63. The van der Waals surface area contributed by atoms with E-state index in [2.05, 4.69) is 20.9 Å². The van der Waals surface area contributed by atoms with Gasteiger partial charge in [0.15, 0.2) is 0 Å². The topological polar surface area (TPSA) is 30.0 Å². The molecule has 2 heterocycles. The van der Waals surface area contributed by atoms with Crippen molar-refractivity contribution in [1.29, 1.82) is 0 Å². The maximum atomic E-state index is 12.5. The fraction of sp³-hybridized carbons (Fsp3) is 0. The van der Waals surface area contributed by atoms with Gasteiger partial charge in [0.2, 0.25) is 5.78 Å². The van der Waals surface area contributed by atoms with Crippen LogP contribution in [0.15, 0.2) is 52.4 Å². The minimum atomic E-state index is -0.0336. The van der Waals surface area contributed by atoms with Gasteiger partial charge < -0.3 is 0 Å². The number of hydrogen-bond acceptors (Lipinski definition) is 3. The van der Waals surface area contributed by atoms with Crippen molar-refractivity contribution >= 4 is 43.8 Å². The second-order valence-corrected chi connectivity index (χ2v) is 5.58. The molecular formula is C14H8BrNOS. The van der Waals surface area contributed by atoms with Gasteiger partial charge in [0.1, 0.15) is 5.69 Å². The summed E-state index contributed by atoms with van der Waals surface area (Å²) in [6.07, 6.45) is 1.68. The molecule has 2 nitrogen and oxygen atoms in total. The number of thiophene rings is 1. The molecule has 0 aliphatic heterocycles. The van der Waals surface area contributed by atoms with Crippen LogP contribution in [0, 0.1) is 0 Å². The summed E-state index contributed by atoms with van der Waals surface area (Å²) in [5.41, 5.74) is 0.510. The van der Waals surface area contributed by atoms with E-state index in [1.165, 1.54) is 11.3 Å². The van der Waals surface area contributed by atoms with E-state index in [0.29, 0.717) is 10.6 Å². The molecule has 0 saturated carbocycles. The van der Waals surface area contributed by atoms with Gasteiger partial charge in [0, 0.05) is 16.1 Å². The molecule has 0 radical (unpaired) electrons. The molecular weight excluding hydrogens is 310 g/mol. The normalized spacial score (nSPS) is 10.7. The Labute approximate surface area is 116 Å². The summed E-state index contributed by atoms with van der Waals surface area (Å²) in [4.78, 5) is 17.4. The molecule has 3 aromatic rings. The number of pyridine rings is 1. The largest absolute Gasteiger partial charge is 0.286 e. The zero-order chi connectivity index (χ0) is 12.5. The zero-order valence-corrected chi connectivity index (χ0v) is 11.7. The number of aromatic nitrogens is 1. The number of halogens is 1. The smallest absolute Gasteiger partial charge is 0.223 e. The third kappa shape index (κ3) is 1.87. The van der Waals surface area contributed by atoms with E-state index in [4.69, 9.17) is 0 Å². The number of rotatable bonds is 2. The lowest BCUT2D eigenvalue weighted by atomic mass is 10.1. The predicted molar refractivity (Wildman–Crippen MR) is 77.2 cm³/mol. The minimum absolute atomic E-state index is 0.0336. The van der Waals surface area contributed by atoms with Crippen molar-refractivity contribution in [3.8, 4) is 0 Å². The Morgan fingerprint density at radius 2 is 2.00 bits per heavy atom. The molecule has 2 aromatic heterocycles. The van der Waals surface area contributed by atoms with Gasteiger partial charge in [0.25, 0.3) is 0 Å². The predicted octanol–water partition coefficient (Wildman–Crippen LogP) is 4.29. The van der Waals surface area contributed by atoms with E-state index in [0.717, 1.165) is 15.2 Å². The van der Waals surface area contributed by atoms with Crippen LogP contribution in [0.25, 0.3) is 10.8 Å². The molecule has 0 amide bonds. The molecule has 3 rings (SSSR count). The lowest BCUT2D eigenvalue weighted by molar-refractivity contribution is 0.103. The van der Waals surface area contributed by atoms with Crippen molar-refractivity contribution in [3.63, 3.8) is 0 Å². The summed E-state index contributed by atoms with van der Waals surface area (Å²) >= 11 is 4.81. The first kappa shape index (κ1) is 11.6. The van der Waals surface area contributed by atoms with Gasteiger partial charge >= 0.3 is 0 Å². The molecule has 1 aromatic carbocycles. The number of benzene rings is 1. The standard InChI is InChI=1S/C14H8BrNOS/c15-11-6-8-18-14(11)13(17)12-10-4-2-1-3-9(10)5-7-16-12/h1-8H. The molecule has 0 atom stereocenters. The van der Waals surface area contributed by atoms with Crippen LogP contribution >= 0.6 is 27.3 Å². The van der Waals surface area contributed by atoms with Gasteiger partial charge in [-0.3, -0.25) is 9.78 Å². The van der Waals surface area contributed by atoms with E-state index in [1.54, 1.807) is 6.20 Å². The molecule has 0 unspecified atom stereocenters. The number of fused-ring (bicyclic) bond motifs is 1. The summed E-state index contributed by atoms with van der Waals surface area (Å²) in [6.45, 7) is 0. The average Bonchev–Trinajstić information content (AvgIpc) is 2.83. The van der Waals surface area contributed by atoms with E-state index < -0.39 is 0 Å². The minimum Gasteiger partial charge on any atom is -0.286 e. The maximum Gasteiger partial charge on any atom is 0.223 e. The van der Waals surface area contributed by atoms with E-state index in [9.17, 15) is 4.79 Å². The Bertz CT molecular complexity index is 730. The van der Waals surface area contributed by atoms with Crippen LogP contribution in [0.5, 0.6) is 0 Å². The van der Waals surface area contributed by atoms with E-state index in [1.807, 2.05) is 41.8 Å². The molecule has 0 bridgehead atoms. The highest BCUT2D eigenvalue weighted by Crippen LogP contribution is 2.27. The number of ketones is 1. The highest BCUT2D eigenvalue weighted by Gasteiger charge is 2.17. The van der Waals surface area contributed by atoms with Crippen molar-refractivity contribution in [2.75, 3.05) is 0 Å². The molecule has 0 spiro atoms. The Morgan fingerprint density at radius 1 is 1.17 bits per heavy atom. The summed E-state index contributed by atoms with van der Waals surface area (Å²) in [6, 6.07) is 11.6. The molecule has 0 aliphatic carbocycles. The van der Waals surface area contributed by atoms with Crippen molar-refractivity contribution in [2.45, 2.75) is 0 Å². The van der Waals surface area contributed by atoms with Gasteiger partial charge in [-0.2, -0.15) is 0 Å². The van der Waals surface area contributed by atoms with Crippen LogP contribution in [0.4, 0.5) is 0 Å². The van der Waals surface area contributed by atoms with Crippen molar-refractivity contribution in [2.24, 2.45) is 0 Å². The van der Waals surface area contributed by atoms with Crippen LogP contribution < -0.4 is 0 Å². The Morgan fingerprint density at radius 3 is 2.78 bits per heavy atom. The van der Waals surface area contributed by atoms with Crippen LogP contribution in [0.3, 0.4) is 0 Å². The molecule has 0 saturated heterocycles. The van der Waals surface area contributed by atoms with E-state index >= 15 is 0 Å². The summed E-state index contributed by atoms with van der Waals surface area (Å²) in [5, 5.41) is 3.82. The number of carbonyl (C=O) groups is 1. The van der Waals surface area contributed by atoms with Gasteiger partial charge in [-0.05, 0) is 38.8 Å². The average molecular weight is 318 g/mol. The Hall–Kier alpha value is -1.52. The highest BCUT2D eigenvalue weighted by molar-refractivity contribution is 9.10. The summed E-state index contributed by atoms with van der Waals surface area (Å²) < 4.78 is 0.826. The molecule has 0 N–H and O–H groups in total. The first-order chi connectivity index (χ1) is 8.77. The number of hydrogen-bond donors (Lipinski definition) is 0. The van der Waals surface area contributed by atoms with Crippen LogP contribution in [0.1, 0.15) is 15.4 Å². The third-order valence-corrected chi connectivity index (χ3v) is 4.55. The van der Waals surface area contributed by atoms with Gasteiger partial charge in [-0.15, -0.1) is 11.3 Å². The second-order valence-electron chi connectivity index (χ2n) is 3.81. The number of carbonyl (C=O) groups excluding carboxylic acids is 1. The number of nitrogens with zero attached hydrogens (tertiary/aromatic N) is 1. The monoisotopic (exact) mass is 317 g/mol. The molecule has 88 valence electrons. The van der Waals surface area contributed by atoms with E-state index in [-0.39, 0.29) is 5.78 Å². The molecule has 18 heavy (non-hydrogen) atoms. The highest BCUT2D eigenvalue weighted by atomic mass is 79.9. The fourth-order valence-electron chi connectivity index (χ4n) is 1.86. The van der Waals surface area contributed by atoms with Crippen molar-refractivity contribution in [3.05, 3.63) is 63.0 Å². The van der Waals surface area contributed by atoms with Crippen LogP contribution in [0.2, 0.25) is 0 Å². The van der Waals surface area contributed by atoms with Crippen LogP contribution in [-0.4, -0.2) is 10.8 Å². The lowest BCUT2D eigenvalue weighted by Gasteiger charge is -2.03. The SMILES string of the molecule is O=C(c1sccc1Br)c1nccc2ccccc12.